The molecule has 1 aliphatic rings. The third kappa shape index (κ3) is 7.16. The van der Waals surface area contributed by atoms with Crippen LogP contribution in [0.4, 0.5) is 17.1 Å². The summed E-state index contributed by atoms with van der Waals surface area (Å²) in [6.45, 7) is 3.96. The van der Waals surface area contributed by atoms with Crippen molar-refractivity contribution < 1.29 is 14.5 Å². The van der Waals surface area contributed by atoms with Crippen LogP contribution in [0, 0.1) is 24.0 Å². The molecule has 0 aromatic heterocycles. The number of non-ortho nitro benzene ring substituents is 1. The zero-order valence-corrected chi connectivity index (χ0v) is 28.1. The number of aryl methyl sites for hydroxylation is 2. The number of ether oxygens (including phenoxy) is 1. The van der Waals surface area contributed by atoms with Crippen LogP contribution in [0.25, 0.3) is 6.08 Å². The fourth-order valence-corrected chi connectivity index (χ4v) is 6.82. The second-order valence-electron chi connectivity index (χ2n) is 9.53. The molecule has 1 heterocycles. The summed E-state index contributed by atoms with van der Waals surface area (Å²) in [5.41, 5.74) is 4.38. The van der Waals surface area contributed by atoms with E-state index in [0.29, 0.717) is 47.3 Å². The molecule has 0 N–H and O–H groups in total. The minimum Gasteiger partial charge on any atom is -0.487 e. The van der Waals surface area contributed by atoms with Crippen LogP contribution in [0.3, 0.4) is 0 Å². The van der Waals surface area contributed by atoms with Gasteiger partial charge in [0.2, 0.25) is 0 Å². The SMILES string of the molecule is Cc1ccc(N=C2S/C(=C/c3cc(Br)cc(Br)c3OCc3ccc([N+](=O)[O-])cc3)C(=O)N2c2ccc(C)c(Cl)c2)cc1Cl. The van der Waals surface area contributed by atoms with Crippen LogP contribution in [-0.2, 0) is 11.4 Å². The van der Waals surface area contributed by atoms with Crippen molar-refractivity contribution in [2.45, 2.75) is 20.5 Å². The predicted octanol–water partition coefficient (Wildman–Crippen LogP) is 10.4. The molecule has 4 aromatic rings. The first-order valence-corrected chi connectivity index (χ1v) is 15.9. The van der Waals surface area contributed by atoms with Gasteiger partial charge in [0.15, 0.2) is 5.17 Å². The number of rotatable bonds is 7. The van der Waals surface area contributed by atoms with E-state index in [0.717, 1.165) is 21.2 Å². The lowest BCUT2D eigenvalue weighted by Gasteiger charge is -2.17. The first-order chi connectivity index (χ1) is 20.5. The molecule has 0 unspecified atom stereocenters. The molecule has 0 spiro atoms. The zero-order chi connectivity index (χ0) is 30.8. The number of carbonyl (C=O) groups excluding carboxylic acids is 1. The average molecular weight is 762 g/mol. The lowest BCUT2D eigenvalue weighted by Crippen LogP contribution is -2.28. The summed E-state index contributed by atoms with van der Waals surface area (Å²) >= 11 is 21.1. The van der Waals surface area contributed by atoms with Crippen molar-refractivity contribution in [3.05, 3.63) is 129 Å². The highest BCUT2D eigenvalue weighted by atomic mass is 79.9. The van der Waals surface area contributed by atoms with Gasteiger partial charge in [-0.3, -0.25) is 19.8 Å². The summed E-state index contributed by atoms with van der Waals surface area (Å²) in [4.78, 5) is 31.2. The fourth-order valence-electron chi connectivity index (χ4n) is 4.11. The maximum absolute atomic E-state index is 13.9. The summed E-state index contributed by atoms with van der Waals surface area (Å²) in [6, 6.07) is 20.7. The van der Waals surface area contributed by atoms with Crippen molar-refractivity contribution in [2.24, 2.45) is 4.99 Å². The largest absolute Gasteiger partial charge is 0.487 e. The van der Waals surface area contributed by atoms with E-state index < -0.39 is 4.92 Å². The fraction of sp³-hybridized carbons (Fsp3) is 0.0968. The minimum atomic E-state index is -0.449. The molecule has 43 heavy (non-hydrogen) atoms. The van der Waals surface area contributed by atoms with E-state index in [-0.39, 0.29) is 18.2 Å². The third-order valence-corrected chi connectivity index (χ3v) is 9.28. The van der Waals surface area contributed by atoms with Gasteiger partial charge >= 0.3 is 0 Å². The van der Waals surface area contributed by atoms with E-state index in [9.17, 15) is 14.9 Å². The predicted molar refractivity (Wildman–Crippen MR) is 182 cm³/mol. The van der Waals surface area contributed by atoms with Crippen LogP contribution in [-0.4, -0.2) is 16.0 Å². The van der Waals surface area contributed by atoms with Crippen molar-refractivity contribution >= 4 is 101 Å². The number of halogens is 4. The Morgan fingerprint density at radius 1 is 0.977 bits per heavy atom. The Kier molecular flexibility index (Phi) is 9.63. The van der Waals surface area contributed by atoms with E-state index in [1.165, 1.54) is 28.8 Å². The number of carbonyl (C=O) groups is 1. The van der Waals surface area contributed by atoms with E-state index in [1.807, 2.05) is 50.2 Å². The molecule has 7 nitrogen and oxygen atoms in total. The quantitative estimate of drug-likeness (QED) is 0.106. The molecule has 4 aromatic carbocycles. The normalized spacial score (nSPS) is 15.0. The molecule has 1 aliphatic heterocycles. The molecular weight excluding hydrogens is 741 g/mol. The second kappa shape index (κ2) is 13.2. The highest BCUT2D eigenvalue weighted by Crippen LogP contribution is 2.41. The number of amides is 1. The van der Waals surface area contributed by atoms with Crippen molar-refractivity contribution in [2.75, 3.05) is 4.90 Å². The molecule has 1 amide bonds. The van der Waals surface area contributed by atoms with Gasteiger partial charge in [-0.05, 0) is 113 Å². The number of hydrogen-bond donors (Lipinski definition) is 0. The lowest BCUT2D eigenvalue weighted by atomic mass is 10.1. The van der Waals surface area contributed by atoms with Gasteiger partial charge in [0.1, 0.15) is 12.4 Å². The van der Waals surface area contributed by atoms with Crippen LogP contribution in [0.1, 0.15) is 22.3 Å². The van der Waals surface area contributed by atoms with E-state index in [1.54, 1.807) is 30.3 Å². The first-order valence-electron chi connectivity index (χ1n) is 12.7. The number of nitro benzene ring substituents is 1. The van der Waals surface area contributed by atoms with E-state index in [4.69, 9.17) is 32.9 Å². The third-order valence-electron chi connectivity index (χ3n) is 6.45. The van der Waals surface area contributed by atoms with Gasteiger partial charge in [0.25, 0.3) is 11.6 Å². The molecule has 0 atom stereocenters. The Hall–Kier alpha value is -3.15. The number of nitrogens with zero attached hydrogens (tertiary/aromatic N) is 3. The van der Waals surface area contributed by atoms with Gasteiger partial charge in [-0.15, -0.1) is 0 Å². The number of nitro groups is 1. The second-order valence-corrected chi connectivity index (χ2v) is 13.1. The maximum atomic E-state index is 13.9. The van der Waals surface area contributed by atoms with Crippen molar-refractivity contribution in [3.63, 3.8) is 0 Å². The standard InChI is InChI=1S/C31H21Br2Cl2N3O4S/c1-17-3-7-22(14-26(17)34)36-31-37(24-8-4-18(2)27(35)15-24)30(39)28(43-31)12-20-11-21(32)13-25(33)29(20)42-16-19-5-9-23(10-6-19)38(40)41/h3-15H,16H2,1-2H3/b28-12+,36-31?. The summed E-state index contributed by atoms with van der Waals surface area (Å²) in [5.74, 6) is 0.224. The van der Waals surface area contributed by atoms with Crippen LogP contribution >= 0.6 is 66.8 Å². The highest BCUT2D eigenvalue weighted by Gasteiger charge is 2.35. The smallest absolute Gasteiger partial charge is 0.271 e. The topological polar surface area (TPSA) is 85.0 Å². The number of thioether (sulfide) groups is 1. The molecule has 0 saturated carbocycles. The summed E-state index contributed by atoms with van der Waals surface area (Å²) in [7, 11) is 0. The number of anilines is 1. The Morgan fingerprint density at radius 2 is 1.65 bits per heavy atom. The summed E-state index contributed by atoms with van der Waals surface area (Å²) < 4.78 is 7.60. The van der Waals surface area contributed by atoms with Crippen LogP contribution in [0.2, 0.25) is 10.0 Å². The molecule has 1 fully saturated rings. The first kappa shape index (κ1) is 31.3. The molecule has 0 aliphatic carbocycles. The molecule has 12 heteroatoms. The molecule has 5 rings (SSSR count). The Bertz CT molecular complexity index is 1830. The van der Waals surface area contributed by atoms with E-state index in [2.05, 4.69) is 31.9 Å². The number of benzene rings is 4. The van der Waals surface area contributed by atoms with Gasteiger partial charge in [-0.25, -0.2) is 4.99 Å². The van der Waals surface area contributed by atoms with Crippen LogP contribution in [0.5, 0.6) is 5.75 Å². The summed E-state index contributed by atoms with van der Waals surface area (Å²) in [6.07, 6.45) is 1.75. The number of aliphatic imine (C=N–C) groups is 1. The maximum Gasteiger partial charge on any atom is 0.271 e. The van der Waals surface area contributed by atoms with Gasteiger partial charge in [0, 0.05) is 32.2 Å². The Labute approximate surface area is 279 Å². The molecule has 0 bridgehead atoms. The van der Waals surface area contributed by atoms with E-state index >= 15 is 0 Å². The van der Waals surface area contributed by atoms with Gasteiger partial charge in [-0.2, -0.15) is 0 Å². The Balaban J connectivity index is 1.53. The highest BCUT2D eigenvalue weighted by molar-refractivity contribution is 9.11. The van der Waals surface area contributed by atoms with Crippen LogP contribution < -0.4 is 9.64 Å². The van der Waals surface area contributed by atoms with Gasteiger partial charge in [-0.1, -0.05) is 51.3 Å². The zero-order valence-electron chi connectivity index (χ0n) is 22.6. The van der Waals surface area contributed by atoms with Gasteiger partial charge in [0.05, 0.1) is 25.7 Å². The van der Waals surface area contributed by atoms with Crippen molar-refractivity contribution in [3.8, 4) is 5.75 Å². The van der Waals surface area contributed by atoms with Crippen LogP contribution in [0.15, 0.2) is 91.6 Å². The number of amidine groups is 1. The minimum absolute atomic E-state index is 0.000519. The van der Waals surface area contributed by atoms with Gasteiger partial charge < -0.3 is 4.74 Å². The van der Waals surface area contributed by atoms with Crippen molar-refractivity contribution in [1.82, 2.24) is 0 Å². The lowest BCUT2D eigenvalue weighted by molar-refractivity contribution is -0.384. The molecule has 218 valence electrons. The Morgan fingerprint density at radius 3 is 2.30 bits per heavy atom. The molecular formula is C31H21Br2Cl2N3O4S. The summed E-state index contributed by atoms with van der Waals surface area (Å²) in [5, 5.41) is 12.6. The molecule has 1 saturated heterocycles. The monoisotopic (exact) mass is 759 g/mol. The molecule has 0 radical (unpaired) electrons. The number of hydrogen-bond acceptors (Lipinski definition) is 6. The van der Waals surface area contributed by atoms with Crippen molar-refractivity contribution in [1.29, 1.82) is 0 Å². The average Bonchev–Trinajstić information content (AvgIpc) is 3.25.